The van der Waals surface area contributed by atoms with Gasteiger partial charge in [0.1, 0.15) is 0 Å². The number of thioether (sulfide) groups is 32. The quantitative estimate of drug-likeness (QED) is 0.0944. The van der Waals surface area contributed by atoms with Crippen LogP contribution in [0.1, 0.15) is 0 Å². The zero-order valence-corrected chi connectivity index (χ0v) is 63.3. The lowest BCUT2D eigenvalue weighted by molar-refractivity contribution is 2.19. The van der Waals surface area contributed by atoms with Crippen molar-refractivity contribution in [2.24, 2.45) is 0 Å². The molecule has 8 aliphatic heterocycles. The standard InChI is InChI=1S/C37H36S32/c1-38-14-15(39-2)55-30(54-14)32-58-18(42-5)24(64-32)48-11-50-26-20(44-7)60-34(66-26)36-62-22(46-9)28(68-36)52-13-53-29-23(47-10)63-37(69-29)35-61-21(45-8)27(67-35)51-12-49-25-19(43-6)59-33(65-25)31-56-16(40-3)17(41-4)57-31/h11-13H2,1-10H3/b36-34-,37-35-. The monoisotopic (exact) mass is 1500 g/mol. The van der Waals surface area contributed by atoms with Crippen molar-refractivity contribution in [2.75, 3.05) is 77.8 Å². The summed E-state index contributed by atoms with van der Waals surface area (Å²) in [7, 11) is 0. The van der Waals surface area contributed by atoms with Crippen molar-refractivity contribution in [1.82, 2.24) is 0 Å². The van der Waals surface area contributed by atoms with E-state index in [2.05, 4.69) is 62.6 Å². The predicted octanol–water partition coefficient (Wildman–Crippen LogP) is 26.2. The maximum atomic E-state index is 2.25. The Hall–Kier alpha value is 8.08. The van der Waals surface area contributed by atoms with Gasteiger partial charge in [0.15, 0.2) is 0 Å². The van der Waals surface area contributed by atoms with Gasteiger partial charge >= 0.3 is 0 Å². The minimum Gasteiger partial charge on any atom is -0.121 e. The van der Waals surface area contributed by atoms with Crippen LogP contribution < -0.4 is 0 Å². The van der Waals surface area contributed by atoms with Crippen LogP contribution in [0.3, 0.4) is 0 Å². The molecule has 0 aromatic heterocycles. The lowest BCUT2D eigenvalue weighted by Gasteiger charge is -2.06. The van der Waals surface area contributed by atoms with Gasteiger partial charge in [0.2, 0.25) is 0 Å². The van der Waals surface area contributed by atoms with Crippen molar-refractivity contribution in [3.8, 4) is 0 Å². The van der Waals surface area contributed by atoms with Crippen LogP contribution in [0.4, 0.5) is 0 Å². The molecular weight excluding hydrogens is 1470 g/mol. The van der Waals surface area contributed by atoms with Crippen LogP contribution in [0, 0.1) is 0 Å². The van der Waals surface area contributed by atoms with Crippen LogP contribution >= 0.6 is 376 Å². The molecule has 0 saturated heterocycles. The molecule has 0 bridgehead atoms. The molecule has 0 aromatic carbocycles. The Balaban J connectivity index is 0.801. The second-order valence-electron chi connectivity index (χ2n) is 11.8. The van der Waals surface area contributed by atoms with Crippen molar-refractivity contribution >= 4 is 376 Å². The number of rotatable bonds is 22. The molecule has 0 spiro atoms. The molecule has 0 N–H and O–H groups in total. The molecule has 0 unspecified atom stereocenters. The molecule has 0 aliphatic carbocycles. The number of hydrogen-bond donors (Lipinski definition) is 0. The molecule has 0 atom stereocenters. The van der Waals surface area contributed by atoms with Crippen LogP contribution in [-0.4, -0.2) is 77.8 Å². The van der Waals surface area contributed by atoms with Crippen molar-refractivity contribution in [3.05, 3.63) is 102 Å². The molecule has 8 rings (SSSR count). The van der Waals surface area contributed by atoms with E-state index in [0.29, 0.717) is 0 Å². The minimum absolute atomic E-state index is 1.02. The predicted molar refractivity (Wildman–Crippen MR) is 401 cm³/mol. The van der Waals surface area contributed by atoms with Crippen molar-refractivity contribution in [3.63, 3.8) is 0 Å². The fourth-order valence-corrected chi connectivity index (χ4v) is 50.4. The van der Waals surface area contributed by atoms with Crippen LogP contribution in [0.2, 0.25) is 0 Å². The minimum atomic E-state index is 1.02. The second-order valence-corrected chi connectivity index (χ2v) is 49.5. The van der Waals surface area contributed by atoms with E-state index in [1.165, 1.54) is 102 Å². The fourth-order valence-electron chi connectivity index (χ4n) is 5.04. The molecule has 32 heteroatoms. The zero-order valence-electron chi connectivity index (χ0n) is 37.2. The lowest BCUT2D eigenvalue weighted by atomic mass is 11.2. The molecule has 0 aromatic rings. The van der Waals surface area contributed by atoms with Gasteiger partial charge in [0, 0.05) is 15.3 Å². The van der Waals surface area contributed by atoms with E-state index in [0.717, 1.165) is 15.3 Å². The highest BCUT2D eigenvalue weighted by Gasteiger charge is 2.35. The van der Waals surface area contributed by atoms with Gasteiger partial charge in [0.25, 0.3) is 0 Å². The first-order valence-corrected chi connectivity index (χ1v) is 49.8. The Kier molecular flexibility index (Phi) is 29.6. The second kappa shape index (κ2) is 32.4. The maximum Gasteiger partial charge on any atom is 0.0717 e. The van der Waals surface area contributed by atoms with Crippen LogP contribution in [0.5, 0.6) is 0 Å². The molecule has 0 fully saturated rings. The highest BCUT2D eigenvalue weighted by molar-refractivity contribution is 8.50. The third-order valence-corrected chi connectivity index (χ3v) is 53.1. The summed E-state index contributed by atoms with van der Waals surface area (Å²) in [5.74, 6) is 0. The smallest absolute Gasteiger partial charge is 0.0717 e. The average molecular weight is 1510 g/mol. The maximum absolute atomic E-state index is 2.25. The summed E-state index contributed by atoms with van der Waals surface area (Å²) in [6, 6.07) is 0. The third-order valence-electron chi connectivity index (χ3n) is 7.96. The van der Waals surface area contributed by atoms with Crippen LogP contribution in [-0.2, 0) is 0 Å². The van der Waals surface area contributed by atoms with Gasteiger partial charge in [-0.25, -0.2) is 0 Å². The van der Waals surface area contributed by atoms with Crippen molar-refractivity contribution < 1.29 is 0 Å². The van der Waals surface area contributed by atoms with E-state index in [1.54, 1.807) is 0 Å². The van der Waals surface area contributed by atoms with E-state index in [9.17, 15) is 0 Å². The average Bonchev–Trinajstić information content (AvgIpc) is 4.24. The largest absolute Gasteiger partial charge is 0.121 e. The first-order valence-electron chi connectivity index (χ1n) is 18.6. The van der Waals surface area contributed by atoms with Gasteiger partial charge in [-0.1, -0.05) is 188 Å². The summed E-state index contributed by atoms with van der Waals surface area (Å²) in [6.45, 7) is 0. The van der Waals surface area contributed by atoms with E-state index in [1.807, 2.05) is 376 Å². The SMILES string of the molecule is CSC1=C(SC)SC(=C2SC(SC)=C(SCSC3=C(SC)S/C(=C4\SC(SC)=C(SCSC5=C(SC)S/C(=C6\SC(SC)=C(SCSC7=C(SC)SC(=C8SC(SC)=C(SC)S8)S7)S6)S5)S4)S3)S2)S1. The molecule has 0 radical (unpaired) electrons. The van der Waals surface area contributed by atoms with Crippen molar-refractivity contribution in [1.29, 1.82) is 0 Å². The van der Waals surface area contributed by atoms with Gasteiger partial charge in [0.05, 0.1) is 102 Å². The van der Waals surface area contributed by atoms with E-state index < -0.39 is 0 Å². The van der Waals surface area contributed by atoms with Crippen LogP contribution in [0.25, 0.3) is 0 Å². The normalized spacial score (nSPS) is 23.9. The van der Waals surface area contributed by atoms with E-state index >= 15 is 0 Å². The molecule has 8 heterocycles. The Labute approximate surface area is 545 Å². The molecule has 0 amide bonds. The Morgan fingerprint density at radius 1 is 0.174 bits per heavy atom. The summed E-state index contributed by atoms with van der Waals surface area (Å²) < 4.78 is 35.0. The fraction of sp³-hybridized carbons (Fsp3) is 0.351. The highest BCUT2D eigenvalue weighted by Crippen LogP contribution is 2.71. The summed E-state index contributed by atoms with van der Waals surface area (Å²) in [5, 5.41) is 3.08. The molecular formula is C37H36S32. The topological polar surface area (TPSA) is 0 Å². The van der Waals surface area contributed by atoms with E-state index in [4.69, 9.17) is 0 Å². The van der Waals surface area contributed by atoms with Gasteiger partial charge in [-0.15, -0.1) is 188 Å². The van der Waals surface area contributed by atoms with Gasteiger partial charge in [-0.3, -0.25) is 0 Å². The van der Waals surface area contributed by atoms with Gasteiger partial charge in [-0.2, -0.15) is 0 Å². The number of hydrogen-bond acceptors (Lipinski definition) is 32. The molecule has 376 valence electrons. The Morgan fingerprint density at radius 2 is 0.275 bits per heavy atom. The Morgan fingerprint density at radius 3 is 0.391 bits per heavy atom. The first kappa shape index (κ1) is 63.1. The molecule has 0 nitrogen and oxygen atoms in total. The molecule has 69 heavy (non-hydrogen) atoms. The Bertz CT molecular complexity index is 2240. The summed E-state index contributed by atoms with van der Waals surface area (Å²) in [5.41, 5.74) is 0. The summed E-state index contributed by atoms with van der Waals surface area (Å²) in [4.78, 5) is 0. The van der Waals surface area contributed by atoms with Gasteiger partial charge < -0.3 is 0 Å². The zero-order chi connectivity index (χ0) is 48.6. The molecule has 0 saturated carbocycles. The third kappa shape index (κ3) is 16.7. The van der Waals surface area contributed by atoms with E-state index in [-0.39, 0.29) is 0 Å². The lowest BCUT2D eigenvalue weighted by Crippen LogP contribution is -1.75. The first-order chi connectivity index (χ1) is 33.7. The van der Waals surface area contributed by atoms with Crippen molar-refractivity contribution in [2.45, 2.75) is 0 Å². The highest BCUT2D eigenvalue weighted by atomic mass is 32.3. The molecule has 8 aliphatic rings. The van der Waals surface area contributed by atoms with Gasteiger partial charge in [-0.05, 0) is 62.6 Å². The van der Waals surface area contributed by atoms with Crippen LogP contribution in [0.15, 0.2) is 102 Å². The summed E-state index contributed by atoms with van der Waals surface area (Å²) in [6.07, 6.45) is 22.2. The summed E-state index contributed by atoms with van der Waals surface area (Å²) >= 11 is 62.9.